The first-order valence-electron chi connectivity index (χ1n) is 7.36. The molecule has 0 atom stereocenters. The van der Waals surface area contributed by atoms with E-state index in [9.17, 15) is 4.79 Å². The normalized spacial score (nSPS) is 20.4. The lowest BCUT2D eigenvalue weighted by atomic mass is 9.80. The van der Waals surface area contributed by atoms with Crippen molar-refractivity contribution in [2.75, 3.05) is 26.2 Å². The maximum absolute atomic E-state index is 12.6. The van der Waals surface area contributed by atoms with Crippen LogP contribution in [-0.4, -0.2) is 37.0 Å². The Morgan fingerprint density at radius 2 is 2.15 bits per heavy atom. The van der Waals surface area contributed by atoms with Crippen molar-refractivity contribution < 1.29 is 9.53 Å². The molecule has 2 N–H and O–H groups in total. The van der Waals surface area contributed by atoms with E-state index in [4.69, 9.17) is 10.5 Å². The van der Waals surface area contributed by atoms with Gasteiger partial charge in [0.1, 0.15) is 5.75 Å². The van der Waals surface area contributed by atoms with Crippen LogP contribution in [-0.2, 0) is 6.42 Å². The molecule has 0 unspecified atom stereocenters. The minimum atomic E-state index is 0.138. The Morgan fingerprint density at radius 3 is 2.85 bits per heavy atom. The Labute approximate surface area is 119 Å². The van der Waals surface area contributed by atoms with Crippen molar-refractivity contribution in [1.82, 2.24) is 4.90 Å². The van der Waals surface area contributed by atoms with Crippen molar-refractivity contribution in [2.24, 2.45) is 11.1 Å². The quantitative estimate of drug-likeness (QED) is 0.895. The maximum Gasteiger partial charge on any atom is 0.253 e. The molecule has 20 heavy (non-hydrogen) atoms. The molecule has 3 rings (SSSR count). The number of carbonyl (C=O) groups excluding carboxylic acids is 1. The molecule has 0 aliphatic carbocycles. The summed E-state index contributed by atoms with van der Waals surface area (Å²) in [6.45, 7) is 5.25. The first kappa shape index (κ1) is 13.4. The highest BCUT2D eigenvalue weighted by Gasteiger charge is 2.31. The lowest BCUT2D eigenvalue weighted by Gasteiger charge is -2.38. The van der Waals surface area contributed by atoms with Gasteiger partial charge in [-0.15, -0.1) is 0 Å². The van der Waals surface area contributed by atoms with E-state index in [1.165, 1.54) is 0 Å². The number of benzene rings is 1. The SMILES string of the molecule is CC1(CN)CCN(C(=O)c2ccc3c(c2)CCO3)CC1. The molecule has 2 aliphatic rings. The molecule has 2 aliphatic heterocycles. The van der Waals surface area contributed by atoms with E-state index in [1.54, 1.807) is 0 Å². The number of likely N-dealkylation sites (tertiary alicyclic amines) is 1. The third-order valence-corrected chi connectivity index (χ3v) is 4.69. The number of carbonyl (C=O) groups is 1. The summed E-state index contributed by atoms with van der Waals surface area (Å²) in [6, 6.07) is 5.79. The summed E-state index contributed by atoms with van der Waals surface area (Å²) in [6.07, 6.45) is 2.88. The van der Waals surface area contributed by atoms with Crippen molar-refractivity contribution in [1.29, 1.82) is 0 Å². The summed E-state index contributed by atoms with van der Waals surface area (Å²) in [7, 11) is 0. The van der Waals surface area contributed by atoms with Crippen molar-refractivity contribution >= 4 is 5.91 Å². The summed E-state index contributed by atoms with van der Waals surface area (Å²) in [5, 5.41) is 0. The molecular weight excluding hydrogens is 252 g/mol. The van der Waals surface area contributed by atoms with Gasteiger partial charge < -0.3 is 15.4 Å². The molecule has 0 spiro atoms. The predicted octanol–water partition coefficient (Wildman–Crippen LogP) is 1.82. The maximum atomic E-state index is 12.6. The van der Waals surface area contributed by atoms with Crippen LogP contribution in [0.4, 0.5) is 0 Å². The number of fused-ring (bicyclic) bond motifs is 1. The van der Waals surface area contributed by atoms with Crippen LogP contribution in [0, 0.1) is 5.41 Å². The molecule has 0 radical (unpaired) electrons. The largest absolute Gasteiger partial charge is 0.493 e. The Hall–Kier alpha value is -1.55. The molecule has 1 fully saturated rings. The molecular formula is C16H22N2O2. The number of ether oxygens (including phenoxy) is 1. The highest BCUT2D eigenvalue weighted by Crippen LogP contribution is 2.31. The zero-order valence-electron chi connectivity index (χ0n) is 12.0. The first-order chi connectivity index (χ1) is 9.61. The smallest absolute Gasteiger partial charge is 0.253 e. The lowest BCUT2D eigenvalue weighted by Crippen LogP contribution is -2.44. The van der Waals surface area contributed by atoms with Gasteiger partial charge in [0.2, 0.25) is 0 Å². The number of rotatable bonds is 2. The van der Waals surface area contributed by atoms with E-state index >= 15 is 0 Å². The highest BCUT2D eigenvalue weighted by molar-refractivity contribution is 5.94. The van der Waals surface area contributed by atoms with Crippen LogP contribution >= 0.6 is 0 Å². The fraction of sp³-hybridized carbons (Fsp3) is 0.562. The third-order valence-electron chi connectivity index (χ3n) is 4.69. The highest BCUT2D eigenvalue weighted by atomic mass is 16.5. The van der Waals surface area contributed by atoms with Gasteiger partial charge in [0.25, 0.3) is 5.91 Å². The predicted molar refractivity (Wildman–Crippen MR) is 77.9 cm³/mol. The van der Waals surface area contributed by atoms with Crippen LogP contribution in [0.3, 0.4) is 0 Å². The fourth-order valence-corrected chi connectivity index (χ4v) is 2.96. The minimum absolute atomic E-state index is 0.138. The zero-order valence-corrected chi connectivity index (χ0v) is 12.0. The van der Waals surface area contributed by atoms with Gasteiger partial charge in [-0.05, 0) is 48.6 Å². The van der Waals surface area contributed by atoms with E-state index in [0.717, 1.165) is 55.8 Å². The third kappa shape index (κ3) is 2.40. The van der Waals surface area contributed by atoms with Crippen molar-refractivity contribution in [3.8, 4) is 5.75 Å². The van der Waals surface area contributed by atoms with Crippen molar-refractivity contribution in [2.45, 2.75) is 26.2 Å². The van der Waals surface area contributed by atoms with Crippen LogP contribution in [0.25, 0.3) is 0 Å². The lowest BCUT2D eigenvalue weighted by molar-refractivity contribution is 0.0617. The van der Waals surface area contributed by atoms with E-state index in [1.807, 2.05) is 23.1 Å². The topological polar surface area (TPSA) is 55.6 Å². The fourth-order valence-electron chi connectivity index (χ4n) is 2.96. The molecule has 0 aromatic heterocycles. The standard InChI is InChI=1S/C16H22N2O2/c1-16(11-17)5-7-18(8-6-16)15(19)13-2-3-14-12(10-13)4-9-20-14/h2-3,10H,4-9,11,17H2,1H3. The van der Waals surface area contributed by atoms with Gasteiger partial charge >= 0.3 is 0 Å². The monoisotopic (exact) mass is 274 g/mol. The minimum Gasteiger partial charge on any atom is -0.493 e. The molecule has 4 nitrogen and oxygen atoms in total. The summed E-state index contributed by atoms with van der Waals surface area (Å²) in [5.74, 6) is 1.06. The number of nitrogens with two attached hydrogens (primary N) is 1. The number of amides is 1. The summed E-state index contributed by atoms with van der Waals surface area (Å²) in [5.41, 5.74) is 7.95. The Bertz CT molecular complexity index is 519. The van der Waals surface area contributed by atoms with Crippen molar-refractivity contribution in [3.05, 3.63) is 29.3 Å². The van der Waals surface area contributed by atoms with Gasteiger partial charge in [0.15, 0.2) is 0 Å². The second kappa shape index (κ2) is 5.09. The van der Waals surface area contributed by atoms with E-state index in [-0.39, 0.29) is 11.3 Å². The zero-order chi connectivity index (χ0) is 14.2. The Morgan fingerprint density at radius 1 is 1.40 bits per heavy atom. The molecule has 1 aromatic rings. The summed E-state index contributed by atoms with van der Waals surface area (Å²) < 4.78 is 5.48. The summed E-state index contributed by atoms with van der Waals surface area (Å²) in [4.78, 5) is 14.5. The van der Waals surface area contributed by atoms with Gasteiger partial charge in [-0.2, -0.15) is 0 Å². The number of hydrogen-bond acceptors (Lipinski definition) is 3. The van der Waals surface area contributed by atoms with Gasteiger partial charge in [-0.1, -0.05) is 6.92 Å². The molecule has 1 saturated heterocycles. The van der Waals surface area contributed by atoms with Crippen LogP contribution in [0.15, 0.2) is 18.2 Å². The number of piperidine rings is 1. The van der Waals surface area contributed by atoms with Crippen LogP contribution < -0.4 is 10.5 Å². The second-order valence-corrected chi connectivity index (χ2v) is 6.23. The molecule has 1 aromatic carbocycles. The van der Waals surface area contributed by atoms with E-state index in [2.05, 4.69) is 6.92 Å². The molecule has 0 bridgehead atoms. The van der Waals surface area contributed by atoms with Gasteiger partial charge in [0.05, 0.1) is 6.61 Å². The van der Waals surface area contributed by atoms with Gasteiger partial charge in [0, 0.05) is 25.1 Å². The molecule has 108 valence electrons. The van der Waals surface area contributed by atoms with Gasteiger partial charge in [-0.25, -0.2) is 0 Å². The van der Waals surface area contributed by atoms with Crippen molar-refractivity contribution in [3.63, 3.8) is 0 Å². The molecule has 2 heterocycles. The van der Waals surface area contributed by atoms with E-state index < -0.39 is 0 Å². The second-order valence-electron chi connectivity index (χ2n) is 6.23. The van der Waals surface area contributed by atoms with Crippen LogP contribution in [0.2, 0.25) is 0 Å². The van der Waals surface area contributed by atoms with Gasteiger partial charge in [-0.3, -0.25) is 4.79 Å². The number of hydrogen-bond donors (Lipinski definition) is 1. The first-order valence-corrected chi connectivity index (χ1v) is 7.36. The number of nitrogens with zero attached hydrogens (tertiary/aromatic N) is 1. The average Bonchev–Trinajstić information content (AvgIpc) is 2.94. The van der Waals surface area contributed by atoms with Crippen LogP contribution in [0.1, 0.15) is 35.7 Å². The Balaban J connectivity index is 1.71. The molecule has 4 heteroatoms. The average molecular weight is 274 g/mol. The van der Waals surface area contributed by atoms with E-state index in [0.29, 0.717) is 6.54 Å². The van der Waals surface area contributed by atoms with Crippen LogP contribution in [0.5, 0.6) is 5.75 Å². The molecule has 1 amide bonds. The summed E-state index contributed by atoms with van der Waals surface area (Å²) >= 11 is 0. The Kier molecular flexibility index (Phi) is 3.42. The molecule has 0 saturated carbocycles.